The number of imidazole rings is 1. The van der Waals surface area contributed by atoms with Crippen molar-refractivity contribution in [1.29, 1.82) is 0 Å². The molecule has 3 aromatic rings. The highest BCUT2D eigenvalue weighted by molar-refractivity contribution is 6.30. The number of rotatable bonds is 2. The van der Waals surface area contributed by atoms with Crippen LogP contribution in [0.25, 0.3) is 5.65 Å². The van der Waals surface area contributed by atoms with E-state index in [1.807, 2.05) is 30.5 Å². The van der Waals surface area contributed by atoms with Crippen molar-refractivity contribution in [1.82, 2.24) is 4.40 Å². The van der Waals surface area contributed by atoms with Crippen LogP contribution in [0.5, 0.6) is 0 Å². The Kier molecular flexibility index (Phi) is 3.90. The number of hydrogen-bond acceptors (Lipinski definition) is 0. The molecule has 0 saturated heterocycles. The highest BCUT2D eigenvalue weighted by atomic mass is 35.5. The van der Waals surface area contributed by atoms with Gasteiger partial charge in [0, 0.05) is 11.1 Å². The number of nitrogens with zero attached hydrogens (tertiary/aromatic N) is 2. The standard InChI is InChI=1S/C14H12ClN2.ClH/c15-13-6-4-12(5-7-13)11-17-10-9-16-8-2-1-3-14(16)17;/h1-10H,11H2;1H/q+1;/p-1. The molecular weight excluding hydrogens is 267 g/mol. The first-order valence-corrected chi connectivity index (χ1v) is 5.90. The maximum Gasteiger partial charge on any atom is 0.286 e. The molecule has 4 heteroatoms. The van der Waals surface area contributed by atoms with Gasteiger partial charge in [-0.15, -0.1) is 0 Å². The fourth-order valence-electron chi connectivity index (χ4n) is 1.97. The summed E-state index contributed by atoms with van der Waals surface area (Å²) < 4.78 is 4.32. The molecule has 2 aromatic heterocycles. The Labute approximate surface area is 117 Å². The zero-order valence-corrected chi connectivity index (χ0v) is 11.1. The molecule has 2 nitrogen and oxygen atoms in total. The number of halogens is 2. The highest BCUT2D eigenvalue weighted by Gasteiger charge is 2.08. The molecule has 92 valence electrons. The maximum absolute atomic E-state index is 5.88. The van der Waals surface area contributed by atoms with E-state index in [2.05, 4.69) is 39.6 Å². The number of fused-ring (bicyclic) bond motifs is 1. The zero-order chi connectivity index (χ0) is 11.7. The van der Waals surface area contributed by atoms with E-state index in [1.54, 1.807) is 0 Å². The van der Waals surface area contributed by atoms with E-state index in [9.17, 15) is 0 Å². The van der Waals surface area contributed by atoms with E-state index in [-0.39, 0.29) is 12.4 Å². The van der Waals surface area contributed by atoms with Gasteiger partial charge in [-0.25, -0.2) is 8.97 Å². The summed E-state index contributed by atoms with van der Waals surface area (Å²) in [5.74, 6) is 0. The molecule has 0 fully saturated rings. The summed E-state index contributed by atoms with van der Waals surface area (Å²) in [6, 6.07) is 14.2. The molecule has 18 heavy (non-hydrogen) atoms. The molecule has 3 rings (SSSR count). The van der Waals surface area contributed by atoms with E-state index < -0.39 is 0 Å². The second-order valence-electron chi connectivity index (χ2n) is 4.02. The summed E-state index contributed by atoms with van der Waals surface area (Å²) in [6.45, 7) is 0.859. The lowest BCUT2D eigenvalue weighted by Crippen LogP contribution is -3.00. The van der Waals surface area contributed by atoms with Gasteiger partial charge in [0.05, 0.1) is 6.20 Å². The van der Waals surface area contributed by atoms with Crippen molar-refractivity contribution >= 4 is 17.2 Å². The molecule has 0 radical (unpaired) electrons. The summed E-state index contributed by atoms with van der Waals surface area (Å²) in [5.41, 5.74) is 2.43. The van der Waals surface area contributed by atoms with Gasteiger partial charge in [-0.1, -0.05) is 29.8 Å². The minimum atomic E-state index is 0. The van der Waals surface area contributed by atoms with Crippen molar-refractivity contribution < 1.29 is 17.0 Å². The SMILES string of the molecule is Clc1ccc(C[n+]2ccn3ccccc32)cc1.[Cl-]. The Bertz CT molecular complexity index is 644. The van der Waals surface area contributed by atoms with Gasteiger partial charge in [0.15, 0.2) is 0 Å². The lowest BCUT2D eigenvalue weighted by molar-refractivity contribution is -0.661. The normalized spacial score (nSPS) is 10.3. The van der Waals surface area contributed by atoms with Crippen molar-refractivity contribution in [3.05, 3.63) is 71.6 Å². The minimum Gasteiger partial charge on any atom is -1.00 e. The van der Waals surface area contributed by atoms with Gasteiger partial charge < -0.3 is 12.4 Å². The fraction of sp³-hybridized carbons (Fsp3) is 0.0714. The predicted molar refractivity (Wildman–Crippen MR) is 68.1 cm³/mol. The Balaban J connectivity index is 0.00000120. The van der Waals surface area contributed by atoms with Crippen LogP contribution in [0.2, 0.25) is 5.02 Å². The van der Waals surface area contributed by atoms with Crippen molar-refractivity contribution in [2.75, 3.05) is 0 Å². The van der Waals surface area contributed by atoms with Gasteiger partial charge in [-0.2, -0.15) is 0 Å². The van der Waals surface area contributed by atoms with Gasteiger partial charge in [0.2, 0.25) is 0 Å². The first-order chi connectivity index (χ1) is 8.33. The second kappa shape index (κ2) is 5.42. The molecule has 0 unspecified atom stereocenters. The third-order valence-corrected chi connectivity index (χ3v) is 3.09. The van der Waals surface area contributed by atoms with E-state index in [0.717, 1.165) is 11.6 Å². The van der Waals surface area contributed by atoms with E-state index in [4.69, 9.17) is 11.6 Å². The Morgan fingerprint density at radius 3 is 2.56 bits per heavy atom. The van der Waals surface area contributed by atoms with Gasteiger partial charge in [-0.3, -0.25) is 0 Å². The van der Waals surface area contributed by atoms with Gasteiger partial charge in [0.25, 0.3) is 5.65 Å². The predicted octanol–water partition coefficient (Wildman–Crippen LogP) is -0.0675. The first-order valence-electron chi connectivity index (χ1n) is 5.52. The van der Waals surface area contributed by atoms with Gasteiger partial charge in [0.1, 0.15) is 18.9 Å². The summed E-state index contributed by atoms with van der Waals surface area (Å²) in [5, 5.41) is 0.778. The number of pyridine rings is 1. The molecule has 0 aliphatic carbocycles. The van der Waals surface area contributed by atoms with Gasteiger partial charge in [-0.05, 0) is 23.8 Å². The van der Waals surface area contributed by atoms with Crippen LogP contribution in [0.1, 0.15) is 5.56 Å². The Morgan fingerprint density at radius 1 is 1.00 bits per heavy atom. The third kappa shape index (κ3) is 2.50. The van der Waals surface area contributed by atoms with Crippen LogP contribution < -0.4 is 17.0 Å². The minimum absolute atomic E-state index is 0. The van der Waals surface area contributed by atoms with Crippen LogP contribution in [0, 0.1) is 0 Å². The monoisotopic (exact) mass is 278 g/mol. The fourth-order valence-corrected chi connectivity index (χ4v) is 2.09. The van der Waals surface area contributed by atoms with Crippen molar-refractivity contribution in [2.24, 2.45) is 0 Å². The van der Waals surface area contributed by atoms with Crippen molar-refractivity contribution in [3.8, 4) is 0 Å². The average Bonchev–Trinajstić information content (AvgIpc) is 2.76. The van der Waals surface area contributed by atoms with Crippen LogP contribution in [-0.4, -0.2) is 4.40 Å². The zero-order valence-electron chi connectivity index (χ0n) is 9.63. The van der Waals surface area contributed by atoms with E-state index in [0.29, 0.717) is 0 Å². The van der Waals surface area contributed by atoms with Gasteiger partial charge >= 0.3 is 0 Å². The van der Waals surface area contributed by atoms with Crippen LogP contribution in [0.3, 0.4) is 0 Å². The summed E-state index contributed by atoms with van der Waals surface area (Å²) >= 11 is 5.88. The van der Waals surface area contributed by atoms with E-state index in [1.165, 1.54) is 11.2 Å². The van der Waals surface area contributed by atoms with Crippen LogP contribution in [0.15, 0.2) is 61.1 Å². The molecule has 0 spiro atoms. The average molecular weight is 279 g/mol. The summed E-state index contributed by atoms with van der Waals surface area (Å²) in [7, 11) is 0. The van der Waals surface area contributed by atoms with Crippen LogP contribution in [0.4, 0.5) is 0 Å². The molecule has 0 aliphatic heterocycles. The molecule has 1 aromatic carbocycles. The molecule has 0 saturated carbocycles. The molecule has 0 amide bonds. The third-order valence-electron chi connectivity index (χ3n) is 2.84. The molecule has 0 N–H and O–H groups in total. The highest BCUT2D eigenvalue weighted by Crippen LogP contribution is 2.09. The maximum atomic E-state index is 5.88. The number of aromatic nitrogens is 2. The Morgan fingerprint density at radius 2 is 1.78 bits per heavy atom. The van der Waals surface area contributed by atoms with Crippen molar-refractivity contribution in [3.63, 3.8) is 0 Å². The first kappa shape index (κ1) is 12.9. The number of benzene rings is 1. The Hall–Kier alpha value is -1.51. The smallest absolute Gasteiger partial charge is 0.286 e. The molecule has 0 atom stereocenters. The molecule has 0 bridgehead atoms. The van der Waals surface area contributed by atoms with Crippen LogP contribution >= 0.6 is 11.6 Å². The topological polar surface area (TPSA) is 8.29 Å². The quantitative estimate of drug-likeness (QED) is 0.581. The molecular formula is C14H12Cl2N2. The van der Waals surface area contributed by atoms with E-state index >= 15 is 0 Å². The number of hydrogen-bond donors (Lipinski definition) is 0. The second-order valence-corrected chi connectivity index (χ2v) is 4.46. The molecule has 2 heterocycles. The largest absolute Gasteiger partial charge is 1.00 e. The lowest BCUT2D eigenvalue weighted by Gasteiger charge is -1.99. The summed E-state index contributed by atoms with van der Waals surface area (Å²) in [6.07, 6.45) is 6.20. The molecule has 0 aliphatic rings. The summed E-state index contributed by atoms with van der Waals surface area (Å²) in [4.78, 5) is 0. The lowest BCUT2D eigenvalue weighted by atomic mass is 10.2. The van der Waals surface area contributed by atoms with Crippen molar-refractivity contribution in [2.45, 2.75) is 6.54 Å². The van der Waals surface area contributed by atoms with Crippen LogP contribution in [-0.2, 0) is 6.54 Å².